The lowest BCUT2D eigenvalue weighted by Gasteiger charge is -2.36. The molecule has 0 aromatic carbocycles. The molecule has 21 heavy (non-hydrogen) atoms. The number of aryl methyl sites for hydroxylation is 1. The molecule has 0 spiro atoms. The first kappa shape index (κ1) is 14.6. The molecule has 4 heteroatoms. The van der Waals surface area contributed by atoms with Gasteiger partial charge in [-0.3, -0.25) is 9.48 Å². The van der Waals surface area contributed by atoms with Crippen LogP contribution in [0.5, 0.6) is 0 Å². The lowest BCUT2D eigenvalue weighted by Crippen LogP contribution is -2.39. The molecule has 1 amide bonds. The second kappa shape index (κ2) is 5.47. The Morgan fingerprint density at radius 2 is 2.05 bits per heavy atom. The summed E-state index contributed by atoms with van der Waals surface area (Å²) >= 11 is 0. The molecule has 1 N–H and O–H groups in total. The molecule has 1 unspecified atom stereocenters. The van der Waals surface area contributed by atoms with E-state index >= 15 is 0 Å². The summed E-state index contributed by atoms with van der Waals surface area (Å²) in [5.74, 6) is 0.483. The number of carbonyl (C=O) groups excluding carboxylic acids is 1. The molecule has 1 aromatic rings. The van der Waals surface area contributed by atoms with Crippen LogP contribution >= 0.6 is 0 Å². The predicted octanol–water partition coefficient (Wildman–Crippen LogP) is 3.13. The largest absolute Gasteiger partial charge is 0.349 e. The van der Waals surface area contributed by atoms with Gasteiger partial charge in [-0.1, -0.05) is 33.1 Å². The number of amides is 1. The summed E-state index contributed by atoms with van der Waals surface area (Å²) in [6.45, 7) is 4.56. The zero-order chi connectivity index (χ0) is 15.0. The van der Waals surface area contributed by atoms with E-state index in [-0.39, 0.29) is 23.3 Å². The van der Waals surface area contributed by atoms with Crippen molar-refractivity contribution >= 4 is 5.91 Å². The Morgan fingerprint density at radius 1 is 1.33 bits per heavy atom. The van der Waals surface area contributed by atoms with Crippen molar-refractivity contribution in [2.24, 2.45) is 18.4 Å². The van der Waals surface area contributed by atoms with Crippen LogP contribution < -0.4 is 5.32 Å². The Hall–Kier alpha value is -1.32. The standard InChI is InChI=1S/C17H27N3O/c1-17(2)9-14(13-11-18-20(3)15(13)10-17)19-16(21)12-7-5-4-6-8-12/h11-12,14H,4-10H2,1-3H3,(H,19,21). The molecule has 4 nitrogen and oxygen atoms in total. The van der Waals surface area contributed by atoms with Crippen molar-refractivity contribution in [2.45, 2.75) is 64.8 Å². The Kier molecular flexibility index (Phi) is 3.80. The van der Waals surface area contributed by atoms with Crippen LogP contribution in [0.3, 0.4) is 0 Å². The molecular formula is C17H27N3O. The SMILES string of the molecule is Cn1ncc2c1CC(C)(C)CC2NC(=O)C1CCCCC1. The second-order valence-electron chi connectivity index (χ2n) is 7.61. The van der Waals surface area contributed by atoms with Gasteiger partial charge in [0.1, 0.15) is 0 Å². The van der Waals surface area contributed by atoms with Gasteiger partial charge in [0.25, 0.3) is 0 Å². The molecule has 1 saturated carbocycles. The molecule has 0 bridgehead atoms. The van der Waals surface area contributed by atoms with E-state index in [0.29, 0.717) is 0 Å². The fourth-order valence-corrected chi connectivity index (χ4v) is 3.96. The van der Waals surface area contributed by atoms with Crippen LogP contribution in [0.4, 0.5) is 0 Å². The first-order valence-electron chi connectivity index (χ1n) is 8.27. The Labute approximate surface area is 127 Å². The van der Waals surface area contributed by atoms with E-state index in [4.69, 9.17) is 0 Å². The van der Waals surface area contributed by atoms with Crippen molar-refractivity contribution in [1.29, 1.82) is 0 Å². The number of aromatic nitrogens is 2. The maximum absolute atomic E-state index is 12.6. The van der Waals surface area contributed by atoms with Crippen molar-refractivity contribution < 1.29 is 4.79 Å². The molecule has 1 aromatic heterocycles. The summed E-state index contributed by atoms with van der Waals surface area (Å²) < 4.78 is 1.97. The number of fused-ring (bicyclic) bond motifs is 1. The van der Waals surface area contributed by atoms with Crippen molar-refractivity contribution in [1.82, 2.24) is 15.1 Å². The number of nitrogens with zero attached hydrogens (tertiary/aromatic N) is 2. The average molecular weight is 289 g/mol. The third kappa shape index (κ3) is 2.99. The van der Waals surface area contributed by atoms with Crippen LogP contribution in [0.15, 0.2) is 6.20 Å². The fraction of sp³-hybridized carbons (Fsp3) is 0.765. The molecule has 1 atom stereocenters. The average Bonchev–Trinajstić information content (AvgIpc) is 2.80. The van der Waals surface area contributed by atoms with Gasteiger partial charge >= 0.3 is 0 Å². The van der Waals surface area contributed by atoms with Crippen molar-refractivity contribution in [2.75, 3.05) is 0 Å². The van der Waals surface area contributed by atoms with Crippen LogP contribution in [0.1, 0.15) is 69.7 Å². The predicted molar refractivity (Wildman–Crippen MR) is 82.8 cm³/mol. The Bertz CT molecular complexity index is 526. The van der Waals surface area contributed by atoms with Gasteiger partial charge in [0.05, 0.1) is 12.2 Å². The van der Waals surface area contributed by atoms with Gasteiger partial charge in [-0.2, -0.15) is 5.10 Å². The maximum atomic E-state index is 12.6. The number of nitrogens with one attached hydrogen (secondary N) is 1. The van der Waals surface area contributed by atoms with Gasteiger partial charge in [0.15, 0.2) is 0 Å². The smallest absolute Gasteiger partial charge is 0.223 e. The van der Waals surface area contributed by atoms with Crippen molar-refractivity contribution in [3.05, 3.63) is 17.5 Å². The molecular weight excluding hydrogens is 262 g/mol. The van der Waals surface area contributed by atoms with Gasteiger partial charge in [-0.05, 0) is 31.1 Å². The molecule has 116 valence electrons. The second-order valence-corrected chi connectivity index (χ2v) is 7.61. The van der Waals surface area contributed by atoms with E-state index in [2.05, 4.69) is 24.3 Å². The number of hydrogen-bond donors (Lipinski definition) is 1. The van der Waals surface area contributed by atoms with Crippen molar-refractivity contribution in [3.8, 4) is 0 Å². The van der Waals surface area contributed by atoms with Crippen LogP contribution in [0.25, 0.3) is 0 Å². The molecule has 1 fully saturated rings. The van der Waals surface area contributed by atoms with E-state index in [1.54, 1.807) is 0 Å². The van der Waals surface area contributed by atoms with Gasteiger partial charge in [-0.25, -0.2) is 0 Å². The van der Waals surface area contributed by atoms with Crippen LogP contribution in [-0.2, 0) is 18.3 Å². The summed E-state index contributed by atoms with van der Waals surface area (Å²) in [6.07, 6.45) is 9.78. The highest BCUT2D eigenvalue weighted by molar-refractivity contribution is 5.79. The lowest BCUT2D eigenvalue weighted by molar-refractivity contribution is -0.127. The fourth-order valence-electron chi connectivity index (χ4n) is 3.96. The van der Waals surface area contributed by atoms with E-state index < -0.39 is 0 Å². The third-order valence-electron chi connectivity index (χ3n) is 5.16. The minimum atomic E-state index is 0.131. The molecule has 1 heterocycles. The van der Waals surface area contributed by atoms with E-state index in [9.17, 15) is 4.79 Å². The summed E-state index contributed by atoms with van der Waals surface area (Å²) in [7, 11) is 2.00. The van der Waals surface area contributed by atoms with Gasteiger partial charge in [0, 0.05) is 24.2 Å². The zero-order valence-corrected chi connectivity index (χ0v) is 13.5. The zero-order valence-electron chi connectivity index (χ0n) is 13.5. The highest BCUT2D eigenvalue weighted by atomic mass is 16.1. The number of hydrogen-bond acceptors (Lipinski definition) is 2. The lowest BCUT2D eigenvalue weighted by atomic mass is 9.74. The normalized spacial score (nSPS) is 25.4. The monoisotopic (exact) mass is 289 g/mol. The van der Waals surface area contributed by atoms with Gasteiger partial charge in [-0.15, -0.1) is 0 Å². The molecule has 2 aliphatic rings. The van der Waals surface area contributed by atoms with Crippen LogP contribution in [-0.4, -0.2) is 15.7 Å². The number of rotatable bonds is 2. The Morgan fingerprint density at radius 3 is 2.76 bits per heavy atom. The molecule has 3 rings (SSSR count). The minimum Gasteiger partial charge on any atom is -0.349 e. The maximum Gasteiger partial charge on any atom is 0.223 e. The summed E-state index contributed by atoms with van der Waals surface area (Å²) in [5, 5.41) is 7.72. The van der Waals surface area contributed by atoms with Gasteiger partial charge < -0.3 is 5.32 Å². The van der Waals surface area contributed by atoms with E-state index in [0.717, 1.165) is 25.7 Å². The minimum absolute atomic E-state index is 0.131. The summed E-state index contributed by atoms with van der Waals surface area (Å²) in [6, 6.07) is 0.131. The summed E-state index contributed by atoms with van der Waals surface area (Å²) in [5.41, 5.74) is 2.71. The molecule has 0 aliphatic heterocycles. The first-order valence-corrected chi connectivity index (χ1v) is 8.27. The van der Waals surface area contributed by atoms with E-state index in [1.807, 2.05) is 17.9 Å². The highest BCUT2D eigenvalue weighted by Gasteiger charge is 2.36. The summed E-state index contributed by atoms with van der Waals surface area (Å²) in [4.78, 5) is 12.6. The molecule has 0 radical (unpaired) electrons. The highest BCUT2D eigenvalue weighted by Crippen LogP contribution is 2.40. The van der Waals surface area contributed by atoms with Crippen LogP contribution in [0.2, 0.25) is 0 Å². The molecule has 0 saturated heterocycles. The third-order valence-corrected chi connectivity index (χ3v) is 5.16. The quantitative estimate of drug-likeness (QED) is 0.909. The Balaban J connectivity index is 1.76. The first-order chi connectivity index (χ1) is 9.96. The molecule has 2 aliphatic carbocycles. The number of carbonyl (C=O) groups is 1. The van der Waals surface area contributed by atoms with Crippen molar-refractivity contribution in [3.63, 3.8) is 0 Å². The van der Waals surface area contributed by atoms with E-state index in [1.165, 1.54) is 30.5 Å². The van der Waals surface area contributed by atoms with Crippen LogP contribution in [0, 0.1) is 11.3 Å². The topological polar surface area (TPSA) is 46.9 Å². The van der Waals surface area contributed by atoms with Gasteiger partial charge in [0.2, 0.25) is 5.91 Å².